The molecular weight excluding hydrogens is 522 g/mol. The summed E-state index contributed by atoms with van der Waals surface area (Å²) in [6.07, 6.45) is 3.00. The molecule has 2 aromatic carbocycles. The van der Waals surface area contributed by atoms with Crippen LogP contribution in [-0.2, 0) is 19.6 Å². The molecule has 11 heteroatoms. The third-order valence-electron chi connectivity index (χ3n) is 5.97. The van der Waals surface area contributed by atoms with Crippen molar-refractivity contribution in [1.29, 1.82) is 0 Å². The third kappa shape index (κ3) is 6.63. The van der Waals surface area contributed by atoms with Crippen LogP contribution < -0.4 is 9.64 Å². The number of halogens is 2. The molecule has 1 heterocycles. The van der Waals surface area contributed by atoms with Crippen molar-refractivity contribution in [2.75, 3.05) is 30.9 Å². The van der Waals surface area contributed by atoms with Gasteiger partial charge in [0.1, 0.15) is 22.7 Å². The van der Waals surface area contributed by atoms with Crippen LogP contribution >= 0.6 is 11.8 Å². The molecule has 0 amide bonds. The number of benzene rings is 2. The summed E-state index contributed by atoms with van der Waals surface area (Å²) in [4.78, 5) is 14.1. The van der Waals surface area contributed by atoms with Crippen molar-refractivity contribution >= 4 is 39.1 Å². The second-order valence-corrected chi connectivity index (χ2v) is 11.7. The first-order chi connectivity index (χ1) is 17.6. The number of thioether (sulfide) groups is 1. The fourth-order valence-electron chi connectivity index (χ4n) is 4.03. The van der Waals surface area contributed by atoms with E-state index in [1.807, 2.05) is 18.7 Å². The monoisotopic (exact) mass is 554 g/mol. The van der Waals surface area contributed by atoms with E-state index < -0.39 is 27.6 Å². The Kier molecular flexibility index (Phi) is 9.97. The normalized spacial score (nSPS) is 17.7. The number of esters is 1. The maximum absolute atomic E-state index is 14.2. The van der Waals surface area contributed by atoms with E-state index in [2.05, 4.69) is 4.74 Å². The maximum Gasteiger partial charge on any atom is 0.370 e. The highest BCUT2D eigenvalue weighted by Gasteiger charge is 2.37. The van der Waals surface area contributed by atoms with Crippen molar-refractivity contribution in [3.05, 3.63) is 54.3 Å². The first kappa shape index (κ1) is 28.9. The average molecular weight is 555 g/mol. The summed E-state index contributed by atoms with van der Waals surface area (Å²) in [6.45, 7) is 5.87. The molecule has 0 saturated heterocycles. The Hall–Kier alpha value is -2.63. The molecule has 1 aliphatic rings. The summed E-state index contributed by atoms with van der Waals surface area (Å²) in [7, 11) is -2.44. The highest BCUT2D eigenvalue weighted by Crippen LogP contribution is 2.44. The van der Waals surface area contributed by atoms with Gasteiger partial charge in [0.25, 0.3) is 0 Å². The zero-order valence-electron chi connectivity index (χ0n) is 21.4. The zero-order valence-corrected chi connectivity index (χ0v) is 23.0. The van der Waals surface area contributed by atoms with E-state index in [9.17, 15) is 22.0 Å². The van der Waals surface area contributed by atoms with Crippen LogP contribution in [0.4, 0.5) is 20.2 Å². The van der Waals surface area contributed by atoms with Crippen LogP contribution in [0.3, 0.4) is 0 Å². The molecule has 1 aliphatic heterocycles. The molecule has 0 unspecified atom stereocenters. The lowest BCUT2D eigenvalue weighted by atomic mass is 10.1. The highest BCUT2D eigenvalue weighted by molar-refractivity contribution is 7.99. The summed E-state index contributed by atoms with van der Waals surface area (Å²) in [5.74, 6) is -2.09. The first-order valence-electron chi connectivity index (χ1n) is 12.1. The van der Waals surface area contributed by atoms with E-state index in [-0.39, 0.29) is 23.3 Å². The van der Waals surface area contributed by atoms with E-state index in [1.54, 1.807) is 32.2 Å². The number of nitrogens with zero attached hydrogens (tertiary/aromatic N) is 2. The van der Waals surface area contributed by atoms with Crippen molar-refractivity contribution in [1.82, 2.24) is 4.31 Å². The highest BCUT2D eigenvalue weighted by atomic mass is 32.2. The molecule has 7 nitrogen and oxygen atoms in total. The quantitative estimate of drug-likeness (QED) is 0.154. The SMILES string of the molecule is CCCC[C@@H]1CN(c2ccc(F)cc2)c2cc(SCC)c(O/C=C(\F)C(=O)OCC)cc2S(=O)(=O)N1C. The van der Waals surface area contributed by atoms with Crippen molar-refractivity contribution in [3.8, 4) is 5.75 Å². The smallest absolute Gasteiger partial charge is 0.370 e. The Morgan fingerprint density at radius 3 is 2.51 bits per heavy atom. The Bertz CT molecular complexity index is 1240. The Labute approximate surface area is 221 Å². The Balaban J connectivity index is 2.19. The number of ether oxygens (including phenoxy) is 2. The van der Waals surface area contributed by atoms with Crippen LogP contribution in [0.15, 0.2) is 58.3 Å². The van der Waals surface area contributed by atoms with Gasteiger partial charge in [-0.1, -0.05) is 26.7 Å². The van der Waals surface area contributed by atoms with Gasteiger partial charge >= 0.3 is 5.97 Å². The van der Waals surface area contributed by atoms with Gasteiger partial charge in [-0.05, 0) is 49.4 Å². The van der Waals surface area contributed by atoms with Crippen LogP contribution in [0.5, 0.6) is 5.75 Å². The van der Waals surface area contributed by atoms with Crippen LogP contribution in [-0.4, -0.2) is 50.7 Å². The maximum atomic E-state index is 14.2. The molecule has 2 aromatic rings. The molecule has 0 saturated carbocycles. The van der Waals surface area contributed by atoms with E-state index in [0.29, 0.717) is 41.3 Å². The number of sulfonamides is 1. The lowest BCUT2D eigenvalue weighted by Gasteiger charge is -2.29. The number of likely N-dealkylation sites (N-methyl/N-ethyl adjacent to an activating group) is 1. The average Bonchev–Trinajstić information content (AvgIpc) is 2.95. The molecular formula is C26H32F2N2O5S2. The number of fused-ring (bicyclic) bond motifs is 1. The summed E-state index contributed by atoms with van der Waals surface area (Å²) < 4.78 is 67.0. The summed E-state index contributed by atoms with van der Waals surface area (Å²) in [5, 5.41) is 0. The van der Waals surface area contributed by atoms with Crippen molar-refractivity contribution < 1.29 is 31.5 Å². The van der Waals surface area contributed by atoms with Crippen LogP contribution in [0, 0.1) is 5.82 Å². The minimum atomic E-state index is -3.98. The molecule has 37 heavy (non-hydrogen) atoms. The van der Waals surface area contributed by atoms with E-state index in [1.165, 1.54) is 34.3 Å². The minimum Gasteiger partial charge on any atom is -0.461 e. The van der Waals surface area contributed by atoms with Gasteiger partial charge in [0, 0.05) is 31.4 Å². The molecule has 0 spiro atoms. The predicted molar refractivity (Wildman–Crippen MR) is 141 cm³/mol. The summed E-state index contributed by atoms with van der Waals surface area (Å²) in [5.41, 5.74) is 1.06. The number of hydrogen-bond donors (Lipinski definition) is 0. The standard InChI is InChI=1S/C26H32F2N2O5S2/c1-5-8-9-20-16-30(19-12-10-18(27)11-13-19)22-14-24(36-7-3)23(15-25(22)37(32,33)29(20)4)35-17-21(28)26(31)34-6-2/h10-15,17,20H,5-9,16H2,1-4H3/b21-17-/t20-/m1/s1. The fraction of sp³-hybridized carbons (Fsp3) is 0.423. The van der Waals surface area contributed by atoms with Gasteiger partial charge in [0.15, 0.2) is 0 Å². The lowest BCUT2D eigenvalue weighted by Crippen LogP contribution is -2.40. The third-order valence-corrected chi connectivity index (χ3v) is 8.83. The Morgan fingerprint density at radius 1 is 1.19 bits per heavy atom. The number of rotatable bonds is 10. The molecule has 3 rings (SSSR count). The number of anilines is 2. The predicted octanol–water partition coefficient (Wildman–Crippen LogP) is 6.02. The number of carbonyl (C=O) groups excluding carboxylic acids is 1. The molecule has 0 bridgehead atoms. The van der Waals surface area contributed by atoms with Gasteiger partial charge in [0.2, 0.25) is 15.9 Å². The molecule has 0 N–H and O–H groups in total. The number of unbranched alkanes of at least 4 members (excludes halogenated alkanes) is 1. The molecule has 0 radical (unpaired) electrons. The molecule has 0 aromatic heterocycles. The van der Waals surface area contributed by atoms with Gasteiger partial charge in [-0.25, -0.2) is 17.6 Å². The van der Waals surface area contributed by atoms with Gasteiger partial charge in [0.05, 0.1) is 17.2 Å². The van der Waals surface area contributed by atoms with Gasteiger partial charge < -0.3 is 14.4 Å². The second-order valence-electron chi connectivity index (χ2n) is 8.41. The van der Waals surface area contributed by atoms with Crippen molar-refractivity contribution in [2.45, 2.75) is 55.9 Å². The van der Waals surface area contributed by atoms with Crippen molar-refractivity contribution in [3.63, 3.8) is 0 Å². The number of hydrogen-bond acceptors (Lipinski definition) is 7. The van der Waals surface area contributed by atoms with E-state index in [0.717, 1.165) is 12.8 Å². The number of carbonyl (C=O) groups is 1. The van der Waals surface area contributed by atoms with Crippen molar-refractivity contribution in [2.24, 2.45) is 0 Å². The second kappa shape index (κ2) is 12.7. The van der Waals surface area contributed by atoms with E-state index in [4.69, 9.17) is 4.74 Å². The van der Waals surface area contributed by atoms with Gasteiger partial charge in [-0.15, -0.1) is 11.8 Å². The summed E-state index contributed by atoms with van der Waals surface area (Å²) >= 11 is 1.38. The van der Waals surface area contributed by atoms with Gasteiger partial charge in [-0.3, -0.25) is 0 Å². The van der Waals surface area contributed by atoms with Crippen LogP contribution in [0.1, 0.15) is 40.0 Å². The van der Waals surface area contributed by atoms with Crippen LogP contribution in [0.2, 0.25) is 0 Å². The van der Waals surface area contributed by atoms with E-state index >= 15 is 0 Å². The first-order valence-corrected chi connectivity index (χ1v) is 14.6. The molecule has 0 aliphatic carbocycles. The zero-order chi connectivity index (χ0) is 27.2. The van der Waals surface area contributed by atoms with Crippen LogP contribution in [0.25, 0.3) is 0 Å². The lowest BCUT2D eigenvalue weighted by molar-refractivity contribution is -0.140. The minimum absolute atomic E-state index is 0.00112. The molecule has 0 fully saturated rings. The van der Waals surface area contributed by atoms with Gasteiger partial charge in [-0.2, -0.15) is 8.70 Å². The fourth-order valence-corrected chi connectivity index (χ4v) is 6.35. The largest absolute Gasteiger partial charge is 0.461 e. The molecule has 202 valence electrons. The molecule has 1 atom stereocenters. The topological polar surface area (TPSA) is 76.1 Å². The summed E-state index contributed by atoms with van der Waals surface area (Å²) in [6, 6.07) is 8.60. The Morgan fingerprint density at radius 2 is 1.89 bits per heavy atom.